The average Bonchev–Trinajstić information content (AvgIpc) is 2.89. The molecule has 4 nitrogen and oxygen atoms in total. The second-order valence-corrected chi connectivity index (χ2v) is 8.82. The molecular formula is C30H24ClNO3. The molecule has 1 atom stereocenters. The van der Waals surface area contributed by atoms with Crippen molar-refractivity contribution in [3.8, 4) is 16.9 Å². The molecule has 5 heteroatoms. The van der Waals surface area contributed by atoms with Crippen LogP contribution in [0.3, 0.4) is 0 Å². The SMILES string of the molecule is O=C(O)C1=C/CCCC2C(c3ccc(-c4ccccc4)cc3)=CC(c3cccc(OCl)c3)=N\C2=C\1. The number of dihydropyridines is 1. The van der Waals surface area contributed by atoms with E-state index in [2.05, 4.69) is 42.5 Å². The van der Waals surface area contributed by atoms with E-state index in [9.17, 15) is 9.90 Å². The molecule has 0 aromatic heterocycles. The van der Waals surface area contributed by atoms with Crippen LogP contribution in [0.15, 0.2) is 113 Å². The summed E-state index contributed by atoms with van der Waals surface area (Å²) in [5.41, 5.74) is 7.18. The van der Waals surface area contributed by atoms with Gasteiger partial charge in [-0.1, -0.05) is 72.8 Å². The minimum absolute atomic E-state index is 0.0110. The van der Waals surface area contributed by atoms with Crippen LogP contribution in [-0.2, 0) is 4.79 Å². The summed E-state index contributed by atoms with van der Waals surface area (Å²) in [4.78, 5) is 16.8. The summed E-state index contributed by atoms with van der Waals surface area (Å²) in [5, 5.41) is 9.71. The normalized spacial score (nSPS) is 20.5. The number of halogens is 1. The van der Waals surface area contributed by atoms with Gasteiger partial charge in [0, 0.05) is 17.2 Å². The molecule has 0 saturated heterocycles. The van der Waals surface area contributed by atoms with Crippen molar-refractivity contribution in [2.24, 2.45) is 10.9 Å². The Morgan fingerprint density at radius 1 is 0.886 bits per heavy atom. The lowest BCUT2D eigenvalue weighted by atomic mass is 9.81. The number of carboxylic acids is 1. The van der Waals surface area contributed by atoms with Gasteiger partial charge >= 0.3 is 5.97 Å². The molecular weight excluding hydrogens is 458 g/mol. The van der Waals surface area contributed by atoms with E-state index in [4.69, 9.17) is 21.1 Å². The van der Waals surface area contributed by atoms with Gasteiger partial charge in [-0.2, -0.15) is 0 Å². The fraction of sp³-hybridized carbons (Fsp3) is 0.133. The Labute approximate surface area is 209 Å². The van der Waals surface area contributed by atoms with Crippen molar-refractivity contribution in [1.29, 1.82) is 0 Å². The summed E-state index contributed by atoms with van der Waals surface area (Å²) < 4.78 is 4.90. The van der Waals surface area contributed by atoms with Crippen molar-refractivity contribution >= 4 is 29.1 Å². The largest absolute Gasteiger partial charge is 0.478 e. The van der Waals surface area contributed by atoms with Crippen molar-refractivity contribution in [2.45, 2.75) is 19.3 Å². The number of fused-ring (bicyclic) bond motifs is 1. The maximum Gasteiger partial charge on any atom is 0.335 e. The number of rotatable bonds is 5. The van der Waals surface area contributed by atoms with E-state index in [0.717, 1.165) is 52.9 Å². The second kappa shape index (κ2) is 10.2. The lowest BCUT2D eigenvalue weighted by Crippen LogP contribution is -2.17. The fourth-order valence-electron chi connectivity index (χ4n) is 4.66. The first-order valence-corrected chi connectivity index (χ1v) is 11.9. The van der Waals surface area contributed by atoms with Gasteiger partial charge in [0.1, 0.15) is 17.6 Å². The van der Waals surface area contributed by atoms with E-state index in [-0.39, 0.29) is 11.5 Å². The molecule has 1 unspecified atom stereocenters. The molecule has 2 aliphatic rings. The van der Waals surface area contributed by atoms with Gasteiger partial charge in [-0.15, -0.1) is 0 Å². The number of aliphatic imine (C=N–C) groups is 1. The molecule has 0 fully saturated rings. The molecule has 1 N–H and O–H groups in total. The number of carbonyl (C=O) groups is 1. The highest BCUT2D eigenvalue weighted by Crippen LogP contribution is 2.40. The van der Waals surface area contributed by atoms with E-state index < -0.39 is 5.97 Å². The summed E-state index contributed by atoms with van der Waals surface area (Å²) in [5.74, 6) is -0.401. The first-order valence-electron chi connectivity index (χ1n) is 11.6. The van der Waals surface area contributed by atoms with Crippen LogP contribution in [0.4, 0.5) is 0 Å². The Hall–Kier alpha value is -3.89. The van der Waals surface area contributed by atoms with Crippen LogP contribution in [0.1, 0.15) is 30.4 Å². The minimum Gasteiger partial charge on any atom is -0.478 e. The molecule has 35 heavy (non-hydrogen) atoms. The topological polar surface area (TPSA) is 58.9 Å². The molecule has 0 spiro atoms. The maximum atomic E-state index is 11.8. The number of hydrogen-bond acceptors (Lipinski definition) is 3. The molecule has 1 aliphatic heterocycles. The zero-order valence-electron chi connectivity index (χ0n) is 19.0. The molecule has 0 saturated carbocycles. The Bertz CT molecular complexity index is 1370. The van der Waals surface area contributed by atoms with Gasteiger partial charge in [0.15, 0.2) is 0 Å². The van der Waals surface area contributed by atoms with E-state index in [1.165, 1.54) is 5.56 Å². The molecule has 3 aromatic rings. The summed E-state index contributed by atoms with van der Waals surface area (Å²) >= 11 is 5.59. The van der Waals surface area contributed by atoms with Crippen molar-refractivity contribution in [3.05, 3.63) is 119 Å². The third-order valence-corrected chi connectivity index (χ3v) is 6.61. The number of hydrogen-bond donors (Lipinski definition) is 1. The fourth-order valence-corrected chi connectivity index (χ4v) is 4.76. The lowest BCUT2D eigenvalue weighted by molar-refractivity contribution is -0.132. The van der Waals surface area contributed by atoms with Crippen molar-refractivity contribution in [1.82, 2.24) is 0 Å². The Morgan fingerprint density at radius 3 is 2.34 bits per heavy atom. The van der Waals surface area contributed by atoms with Crippen LogP contribution in [0.2, 0.25) is 0 Å². The van der Waals surface area contributed by atoms with E-state index >= 15 is 0 Å². The van der Waals surface area contributed by atoms with Gasteiger partial charge in [-0.25, -0.2) is 4.79 Å². The first-order chi connectivity index (χ1) is 17.1. The van der Waals surface area contributed by atoms with E-state index in [0.29, 0.717) is 5.75 Å². The number of carboxylic acid groups (broad SMARTS) is 1. The molecule has 0 bridgehead atoms. The number of allylic oxidation sites excluding steroid dienone is 3. The highest BCUT2D eigenvalue weighted by Gasteiger charge is 2.27. The van der Waals surface area contributed by atoms with Gasteiger partial charge in [-0.05, 0) is 65.8 Å². The van der Waals surface area contributed by atoms with Crippen molar-refractivity contribution < 1.29 is 14.2 Å². The maximum absolute atomic E-state index is 11.8. The van der Waals surface area contributed by atoms with Crippen LogP contribution in [0.5, 0.6) is 5.75 Å². The number of aliphatic carboxylic acids is 1. The smallest absolute Gasteiger partial charge is 0.335 e. The molecule has 0 radical (unpaired) electrons. The molecule has 1 heterocycles. The summed E-state index contributed by atoms with van der Waals surface area (Å²) in [7, 11) is 0. The molecule has 3 aromatic carbocycles. The molecule has 174 valence electrons. The number of nitrogens with zero attached hydrogens (tertiary/aromatic N) is 1. The molecule has 1 aliphatic carbocycles. The summed E-state index contributed by atoms with van der Waals surface area (Å²) in [6.45, 7) is 0. The van der Waals surface area contributed by atoms with Gasteiger partial charge in [0.25, 0.3) is 0 Å². The van der Waals surface area contributed by atoms with Gasteiger partial charge in [-0.3, -0.25) is 4.99 Å². The van der Waals surface area contributed by atoms with E-state index in [1.807, 2.05) is 36.4 Å². The zero-order valence-corrected chi connectivity index (χ0v) is 19.8. The third-order valence-electron chi connectivity index (χ3n) is 6.43. The minimum atomic E-state index is -0.934. The van der Waals surface area contributed by atoms with Crippen molar-refractivity contribution in [3.63, 3.8) is 0 Å². The van der Waals surface area contributed by atoms with Crippen LogP contribution in [0.25, 0.3) is 16.7 Å². The highest BCUT2D eigenvalue weighted by atomic mass is 35.5. The zero-order chi connectivity index (χ0) is 24.2. The summed E-state index contributed by atoms with van der Waals surface area (Å²) in [6, 6.07) is 26.2. The highest BCUT2D eigenvalue weighted by molar-refractivity contribution is 6.15. The van der Waals surface area contributed by atoms with Gasteiger partial charge in [0.05, 0.1) is 11.3 Å². The Kier molecular flexibility index (Phi) is 6.64. The monoisotopic (exact) mass is 481 g/mol. The second-order valence-electron chi connectivity index (χ2n) is 8.66. The Morgan fingerprint density at radius 2 is 1.60 bits per heavy atom. The van der Waals surface area contributed by atoms with E-state index in [1.54, 1.807) is 18.2 Å². The van der Waals surface area contributed by atoms with Crippen LogP contribution < -0.4 is 4.29 Å². The average molecular weight is 482 g/mol. The van der Waals surface area contributed by atoms with Crippen LogP contribution in [-0.4, -0.2) is 16.8 Å². The van der Waals surface area contributed by atoms with Crippen LogP contribution in [0, 0.1) is 5.92 Å². The Balaban J connectivity index is 1.61. The van der Waals surface area contributed by atoms with Crippen molar-refractivity contribution in [2.75, 3.05) is 0 Å². The first kappa shape index (κ1) is 22.9. The predicted octanol–water partition coefficient (Wildman–Crippen LogP) is 7.47. The third kappa shape index (κ3) is 4.98. The van der Waals surface area contributed by atoms with Crippen LogP contribution >= 0.6 is 11.9 Å². The standard InChI is InChI=1S/C30H24ClNO3/c31-35-25-11-6-10-23(17-25)28-19-27(22-15-13-21(14-16-22)20-7-2-1-3-8-20)26-12-5-4-9-24(30(33)34)18-29(26)32-28/h1-3,6-11,13-19,26H,4-5,12H2,(H,33,34)/b24-9+,29-18+. The van der Waals surface area contributed by atoms with Gasteiger partial charge < -0.3 is 9.40 Å². The summed E-state index contributed by atoms with van der Waals surface area (Å²) in [6.07, 6.45) is 8.13. The predicted molar refractivity (Wildman–Crippen MR) is 140 cm³/mol. The molecule has 5 rings (SSSR count). The van der Waals surface area contributed by atoms with Gasteiger partial charge in [0.2, 0.25) is 0 Å². The number of benzene rings is 3. The lowest BCUT2D eigenvalue weighted by Gasteiger charge is -2.27. The molecule has 0 amide bonds. The quantitative estimate of drug-likeness (QED) is 0.411.